The minimum Gasteiger partial charge on any atom is -0.496 e. The Morgan fingerprint density at radius 1 is 1.33 bits per heavy atom. The van der Waals surface area contributed by atoms with Crippen molar-refractivity contribution in [2.75, 3.05) is 20.2 Å². The monoisotopic (exact) mass is 227 g/mol. The minimum atomic E-state index is 0.785. The zero-order chi connectivity index (χ0) is 11.1. The van der Waals surface area contributed by atoms with Gasteiger partial charge in [0.15, 0.2) is 0 Å². The second-order valence-corrected chi connectivity index (χ2v) is 3.83. The van der Waals surface area contributed by atoms with Crippen LogP contribution in [-0.2, 0) is 6.42 Å². The summed E-state index contributed by atoms with van der Waals surface area (Å²) in [5.41, 5.74) is 1.09. The van der Waals surface area contributed by atoms with E-state index in [1.807, 2.05) is 18.2 Å². The molecular formula is C12H18ClNO. The van der Waals surface area contributed by atoms with Crippen LogP contribution >= 0.6 is 11.6 Å². The largest absolute Gasteiger partial charge is 0.496 e. The SMILES string of the molecule is CCCNCCc1c(Cl)cccc1OC. The van der Waals surface area contributed by atoms with E-state index in [9.17, 15) is 0 Å². The van der Waals surface area contributed by atoms with E-state index in [0.717, 1.165) is 42.3 Å². The molecule has 84 valence electrons. The Balaban J connectivity index is 2.58. The van der Waals surface area contributed by atoms with Crippen LogP contribution in [0, 0.1) is 0 Å². The van der Waals surface area contributed by atoms with Crippen molar-refractivity contribution in [2.45, 2.75) is 19.8 Å². The number of hydrogen-bond donors (Lipinski definition) is 1. The summed E-state index contributed by atoms with van der Waals surface area (Å²) in [4.78, 5) is 0. The first-order chi connectivity index (χ1) is 7.29. The smallest absolute Gasteiger partial charge is 0.123 e. The van der Waals surface area contributed by atoms with Crippen LogP contribution in [0.25, 0.3) is 0 Å². The Morgan fingerprint density at radius 3 is 2.80 bits per heavy atom. The minimum absolute atomic E-state index is 0.785. The van der Waals surface area contributed by atoms with Crippen molar-refractivity contribution >= 4 is 11.6 Å². The highest BCUT2D eigenvalue weighted by atomic mass is 35.5. The van der Waals surface area contributed by atoms with E-state index in [0.29, 0.717) is 0 Å². The van der Waals surface area contributed by atoms with Gasteiger partial charge in [-0.25, -0.2) is 0 Å². The van der Waals surface area contributed by atoms with E-state index in [2.05, 4.69) is 12.2 Å². The summed E-state index contributed by atoms with van der Waals surface area (Å²) in [5.74, 6) is 0.876. The zero-order valence-electron chi connectivity index (χ0n) is 9.35. The molecule has 0 fully saturated rings. The van der Waals surface area contributed by atoms with E-state index < -0.39 is 0 Å². The van der Waals surface area contributed by atoms with Gasteiger partial charge < -0.3 is 10.1 Å². The molecule has 2 nitrogen and oxygen atoms in total. The van der Waals surface area contributed by atoms with Gasteiger partial charge >= 0.3 is 0 Å². The third-order valence-electron chi connectivity index (χ3n) is 2.27. The average molecular weight is 228 g/mol. The first-order valence-electron chi connectivity index (χ1n) is 5.31. The molecule has 0 amide bonds. The van der Waals surface area contributed by atoms with Gasteiger partial charge in [-0.2, -0.15) is 0 Å². The van der Waals surface area contributed by atoms with Gasteiger partial charge in [-0.3, -0.25) is 0 Å². The lowest BCUT2D eigenvalue weighted by atomic mass is 10.1. The van der Waals surface area contributed by atoms with Gasteiger partial charge in [0.25, 0.3) is 0 Å². The lowest BCUT2D eigenvalue weighted by Crippen LogP contribution is -2.18. The van der Waals surface area contributed by atoms with E-state index in [4.69, 9.17) is 16.3 Å². The molecule has 1 aromatic carbocycles. The Bertz CT molecular complexity index is 302. The van der Waals surface area contributed by atoms with Crippen LogP contribution in [0.15, 0.2) is 18.2 Å². The normalized spacial score (nSPS) is 10.3. The van der Waals surface area contributed by atoms with Gasteiger partial charge in [-0.15, -0.1) is 0 Å². The molecule has 1 aromatic rings. The zero-order valence-corrected chi connectivity index (χ0v) is 10.1. The van der Waals surface area contributed by atoms with Crippen LogP contribution in [0.4, 0.5) is 0 Å². The number of halogens is 1. The molecule has 0 heterocycles. The number of ether oxygens (including phenoxy) is 1. The molecule has 0 unspecified atom stereocenters. The van der Waals surface area contributed by atoms with Crippen molar-refractivity contribution in [1.82, 2.24) is 5.32 Å². The molecule has 0 saturated heterocycles. The molecular weight excluding hydrogens is 210 g/mol. The second kappa shape index (κ2) is 6.70. The first kappa shape index (κ1) is 12.3. The highest BCUT2D eigenvalue weighted by Crippen LogP contribution is 2.26. The van der Waals surface area contributed by atoms with E-state index >= 15 is 0 Å². The first-order valence-corrected chi connectivity index (χ1v) is 5.69. The summed E-state index contributed by atoms with van der Waals surface area (Å²) in [7, 11) is 1.68. The third-order valence-corrected chi connectivity index (χ3v) is 2.63. The van der Waals surface area contributed by atoms with Crippen LogP contribution in [0.2, 0.25) is 5.02 Å². The van der Waals surface area contributed by atoms with Gasteiger partial charge in [0.1, 0.15) is 5.75 Å². The predicted molar refractivity (Wildman–Crippen MR) is 64.9 cm³/mol. The lowest BCUT2D eigenvalue weighted by Gasteiger charge is -2.10. The van der Waals surface area contributed by atoms with Crippen molar-refractivity contribution in [3.05, 3.63) is 28.8 Å². The second-order valence-electron chi connectivity index (χ2n) is 3.42. The lowest BCUT2D eigenvalue weighted by molar-refractivity contribution is 0.409. The van der Waals surface area contributed by atoms with Crippen LogP contribution < -0.4 is 10.1 Å². The van der Waals surface area contributed by atoms with Crippen molar-refractivity contribution < 1.29 is 4.74 Å². The molecule has 0 saturated carbocycles. The van der Waals surface area contributed by atoms with Crippen molar-refractivity contribution in [3.8, 4) is 5.75 Å². The van der Waals surface area contributed by atoms with Gasteiger partial charge in [-0.05, 0) is 38.1 Å². The van der Waals surface area contributed by atoms with Crippen LogP contribution in [0.5, 0.6) is 5.75 Å². The summed E-state index contributed by atoms with van der Waals surface area (Å²) in [6, 6.07) is 5.75. The number of nitrogens with one attached hydrogen (secondary N) is 1. The highest BCUT2D eigenvalue weighted by Gasteiger charge is 2.06. The van der Waals surface area contributed by atoms with Crippen molar-refractivity contribution in [3.63, 3.8) is 0 Å². The molecule has 0 aliphatic rings. The van der Waals surface area contributed by atoms with Crippen LogP contribution in [0.3, 0.4) is 0 Å². The topological polar surface area (TPSA) is 21.3 Å². The molecule has 3 heteroatoms. The number of rotatable bonds is 6. The van der Waals surface area contributed by atoms with E-state index in [-0.39, 0.29) is 0 Å². The maximum absolute atomic E-state index is 6.11. The highest BCUT2D eigenvalue weighted by molar-refractivity contribution is 6.31. The fraction of sp³-hybridized carbons (Fsp3) is 0.500. The summed E-state index contributed by atoms with van der Waals surface area (Å²) >= 11 is 6.11. The quantitative estimate of drug-likeness (QED) is 0.755. The number of methoxy groups -OCH3 is 1. The van der Waals surface area contributed by atoms with Crippen LogP contribution in [0.1, 0.15) is 18.9 Å². The average Bonchev–Trinajstić information content (AvgIpc) is 2.26. The van der Waals surface area contributed by atoms with Gasteiger partial charge in [-0.1, -0.05) is 24.6 Å². The molecule has 15 heavy (non-hydrogen) atoms. The fourth-order valence-electron chi connectivity index (χ4n) is 1.49. The Morgan fingerprint density at radius 2 is 2.13 bits per heavy atom. The predicted octanol–water partition coefficient (Wildman–Crippen LogP) is 2.89. The number of hydrogen-bond acceptors (Lipinski definition) is 2. The fourth-order valence-corrected chi connectivity index (χ4v) is 1.75. The molecule has 0 spiro atoms. The molecule has 0 aliphatic carbocycles. The molecule has 0 atom stereocenters. The van der Waals surface area contributed by atoms with Crippen molar-refractivity contribution in [2.24, 2.45) is 0 Å². The third kappa shape index (κ3) is 3.73. The number of benzene rings is 1. The summed E-state index contributed by atoms with van der Waals surface area (Å²) in [6.07, 6.45) is 2.06. The van der Waals surface area contributed by atoms with Crippen molar-refractivity contribution in [1.29, 1.82) is 0 Å². The molecule has 0 radical (unpaired) electrons. The Kier molecular flexibility index (Phi) is 5.51. The maximum atomic E-state index is 6.11. The summed E-state index contributed by atoms with van der Waals surface area (Å²) in [5, 5.41) is 4.13. The molecule has 0 aliphatic heterocycles. The van der Waals surface area contributed by atoms with Gasteiger partial charge in [0.05, 0.1) is 7.11 Å². The summed E-state index contributed by atoms with van der Waals surface area (Å²) in [6.45, 7) is 4.14. The maximum Gasteiger partial charge on any atom is 0.123 e. The Hall–Kier alpha value is -0.730. The van der Waals surface area contributed by atoms with Gasteiger partial charge in [0, 0.05) is 10.6 Å². The van der Waals surface area contributed by atoms with E-state index in [1.54, 1.807) is 7.11 Å². The molecule has 0 aromatic heterocycles. The Labute approximate surface area is 96.6 Å². The molecule has 0 bridgehead atoms. The van der Waals surface area contributed by atoms with Crippen LogP contribution in [-0.4, -0.2) is 20.2 Å². The van der Waals surface area contributed by atoms with Gasteiger partial charge in [0.2, 0.25) is 0 Å². The molecule has 1 rings (SSSR count). The van der Waals surface area contributed by atoms with E-state index in [1.165, 1.54) is 0 Å². The summed E-state index contributed by atoms with van der Waals surface area (Å²) < 4.78 is 5.27. The molecule has 1 N–H and O–H groups in total. The standard InChI is InChI=1S/C12H18ClNO/c1-3-8-14-9-7-10-11(13)5-4-6-12(10)15-2/h4-6,14H,3,7-9H2,1-2H3.